The molecule has 4 heteroatoms. The molecular weight excluding hydrogens is 338 g/mol. The Balaban J connectivity index is 2.58. The van der Waals surface area contributed by atoms with E-state index in [0.29, 0.717) is 13.0 Å². The Bertz CT molecular complexity index is 511. The summed E-state index contributed by atoms with van der Waals surface area (Å²) in [5.41, 5.74) is -1.06. The molecule has 0 radical (unpaired) electrons. The third-order valence-corrected chi connectivity index (χ3v) is 4.90. The number of carbonyl (C=O) groups excluding carboxylic acids is 1. The zero-order valence-electron chi connectivity index (χ0n) is 18.1. The molecule has 1 fully saturated rings. The highest BCUT2D eigenvalue weighted by atomic mass is 16.6. The van der Waals surface area contributed by atoms with E-state index in [1.807, 2.05) is 33.8 Å². The van der Waals surface area contributed by atoms with E-state index >= 15 is 0 Å². The van der Waals surface area contributed by atoms with Crippen LogP contribution in [0.25, 0.3) is 0 Å². The minimum Gasteiger partial charge on any atom is -0.433 e. The van der Waals surface area contributed by atoms with Gasteiger partial charge in [0.1, 0.15) is 5.72 Å². The van der Waals surface area contributed by atoms with Gasteiger partial charge < -0.3 is 9.47 Å². The predicted octanol–water partition coefficient (Wildman–Crippen LogP) is 6.06. The van der Waals surface area contributed by atoms with Crippen LogP contribution in [0.1, 0.15) is 92.4 Å². The van der Waals surface area contributed by atoms with E-state index in [4.69, 9.17) is 9.47 Å². The van der Waals surface area contributed by atoms with Crippen LogP contribution >= 0.6 is 0 Å². The van der Waals surface area contributed by atoms with Crippen LogP contribution in [-0.2, 0) is 9.47 Å². The van der Waals surface area contributed by atoms with Gasteiger partial charge in [0.2, 0.25) is 0 Å². The SMILES string of the molecule is C=CCC[C@H](C#CCCCCCCCC)OC(=O)N1C(C)(C)COC1(C)C. The van der Waals surface area contributed by atoms with Crippen LogP contribution < -0.4 is 0 Å². The van der Waals surface area contributed by atoms with E-state index < -0.39 is 17.4 Å². The molecular formula is C23H39NO3. The Labute approximate surface area is 166 Å². The Hall–Kier alpha value is -1.47. The van der Waals surface area contributed by atoms with Gasteiger partial charge in [-0.1, -0.05) is 56.9 Å². The summed E-state index contributed by atoms with van der Waals surface area (Å²) in [7, 11) is 0. The number of hydrogen-bond acceptors (Lipinski definition) is 3. The van der Waals surface area contributed by atoms with Crippen molar-refractivity contribution in [1.29, 1.82) is 0 Å². The highest BCUT2D eigenvalue weighted by Crippen LogP contribution is 2.35. The lowest BCUT2D eigenvalue weighted by Crippen LogP contribution is -2.53. The van der Waals surface area contributed by atoms with Crippen molar-refractivity contribution in [3.63, 3.8) is 0 Å². The fraction of sp³-hybridized carbons (Fsp3) is 0.783. The van der Waals surface area contributed by atoms with Crippen LogP contribution in [0.15, 0.2) is 12.7 Å². The molecule has 27 heavy (non-hydrogen) atoms. The molecule has 1 aliphatic rings. The first-order valence-corrected chi connectivity index (χ1v) is 10.5. The van der Waals surface area contributed by atoms with Crippen molar-refractivity contribution in [2.75, 3.05) is 6.61 Å². The van der Waals surface area contributed by atoms with Gasteiger partial charge in [0, 0.05) is 6.42 Å². The number of carbonyl (C=O) groups is 1. The zero-order valence-corrected chi connectivity index (χ0v) is 18.1. The van der Waals surface area contributed by atoms with Crippen molar-refractivity contribution in [3.8, 4) is 11.8 Å². The molecule has 4 nitrogen and oxygen atoms in total. The van der Waals surface area contributed by atoms with Gasteiger partial charge in [-0.15, -0.1) is 6.58 Å². The van der Waals surface area contributed by atoms with Gasteiger partial charge >= 0.3 is 6.09 Å². The molecule has 0 unspecified atom stereocenters. The summed E-state index contributed by atoms with van der Waals surface area (Å²) in [6, 6.07) is 0. The molecule has 1 heterocycles. The average Bonchev–Trinajstić information content (AvgIpc) is 2.82. The number of unbranched alkanes of at least 4 members (excludes halogenated alkanes) is 6. The number of amides is 1. The Morgan fingerprint density at radius 2 is 1.89 bits per heavy atom. The molecule has 0 saturated carbocycles. The molecule has 154 valence electrons. The van der Waals surface area contributed by atoms with Crippen molar-refractivity contribution >= 4 is 6.09 Å². The normalized spacial score (nSPS) is 18.5. The van der Waals surface area contributed by atoms with E-state index in [9.17, 15) is 4.79 Å². The fourth-order valence-electron chi connectivity index (χ4n) is 3.46. The smallest absolute Gasteiger partial charge is 0.413 e. The van der Waals surface area contributed by atoms with Gasteiger partial charge in [-0.3, -0.25) is 4.90 Å². The lowest BCUT2D eigenvalue weighted by molar-refractivity contribution is -0.0552. The minimum atomic E-state index is -0.671. The van der Waals surface area contributed by atoms with Gasteiger partial charge in [0.25, 0.3) is 0 Å². The zero-order chi connectivity index (χ0) is 20.3. The first-order valence-electron chi connectivity index (χ1n) is 10.5. The number of nitrogens with zero attached hydrogens (tertiary/aromatic N) is 1. The molecule has 1 rings (SSSR count). The van der Waals surface area contributed by atoms with E-state index in [0.717, 1.165) is 19.3 Å². The lowest BCUT2D eigenvalue weighted by atomic mass is 10.0. The number of allylic oxidation sites excluding steroid dienone is 1. The second kappa shape index (κ2) is 11.4. The summed E-state index contributed by atoms with van der Waals surface area (Å²) in [4.78, 5) is 14.5. The fourth-order valence-corrected chi connectivity index (χ4v) is 3.46. The van der Waals surface area contributed by atoms with Gasteiger partial charge in [0.15, 0.2) is 6.10 Å². The minimum absolute atomic E-state index is 0.356. The van der Waals surface area contributed by atoms with E-state index in [2.05, 4.69) is 25.3 Å². The lowest BCUT2D eigenvalue weighted by Gasteiger charge is -2.37. The summed E-state index contributed by atoms with van der Waals surface area (Å²) in [5, 5.41) is 0. The third kappa shape index (κ3) is 7.97. The molecule has 0 aromatic heterocycles. The Kier molecular flexibility index (Phi) is 9.94. The van der Waals surface area contributed by atoms with Crippen LogP contribution in [0.2, 0.25) is 0 Å². The molecule has 1 saturated heterocycles. The molecule has 0 N–H and O–H groups in total. The maximum atomic E-state index is 12.8. The Morgan fingerprint density at radius 1 is 1.22 bits per heavy atom. The van der Waals surface area contributed by atoms with Crippen molar-refractivity contribution in [2.24, 2.45) is 0 Å². The molecule has 0 aromatic rings. The highest BCUT2D eigenvalue weighted by molar-refractivity contribution is 5.70. The summed E-state index contributed by atoms with van der Waals surface area (Å²) >= 11 is 0. The van der Waals surface area contributed by atoms with Crippen molar-refractivity contribution in [3.05, 3.63) is 12.7 Å². The molecule has 1 aliphatic heterocycles. The molecule has 0 bridgehead atoms. The summed E-state index contributed by atoms with van der Waals surface area (Å²) in [6.07, 6.45) is 10.9. The molecule has 1 atom stereocenters. The second-order valence-corrected chi connectivity index (χ2v) is 8.46. The predicted molar refractivity (Wildman–Crippen MR) is 111 cm³/mol. The van der Waals surface area contributed by atoms with Crippen LogP contribution in [0, 0.1) is 11.8 Å². The summed E-state index contributed by atoms with van der Waals surface area (Å²) < 4.78 is 11.5. The van der Waals surface area contributed by atoms with Crippen LogP contribution in [-0.4, -0.2) is 35.0 Å². The largest absolute Gasteiger partial charge is 0.433 e. The molecule has 0 aromatic carbocycles. The maximum absolute atomic E-state index is 12.8. The van der Waals surface area contributed by atoms with Gasteiger partial charge in [0.05, 0.1) is 12.1 Å². The topological polar surface area (TPSA) is 38.8 Å². The maximum Gasteiger partial charge on any atom is 0.413 e. The van der Waals surface area contributed by atoms with Gasteiger partial charge in [-0.25, -0.2) is 4.79 Å². The Morgan fingerprint density at radius 3 is 2.48 bits per heavy atom. The quantitative estimate of drug-likeness (QED) is 0.264. The number of ether oxygens (including phenoxy) is 2. The molecule has 1 amide bonds. The van der Waals surface area contributed by atoms with Crippen LogP contribution in [0.3, 0.4) is 0 Å². The summed E-state index contributed by atoms with van der Waals surface area (Å²) in [6.45, 7) is 14.3. The van der Waals surface area contributed by atoms with E-state index in [-0.39, 0.29) is 6.09 Å². The number of rotatable bonds is 10. The van der Waals surface area contributed by atoms with Crippen LogP contribution in [0.5, 0.6) is 0 Å². The van der Waals surface area contributed by atoms with Crippen molar-refractivity contribution in [1.82, 2.24) is 4.90 Å². The third-order valence-electron chi connectivity index (χ3n) is 4.90. The first kappa shape index (κ1) is 23.6. The molecule has 0 aliphatic carbocycles. The average molecular weight is 378 g/mol. The first-order chi connectivity index (χ1) is 12.7. The van der Waals surface area contributed by atoms with Crippen molar-refractivity contribution < 1.29 is 14.3 Å². The standard InChI is InChI=1S/C23H39NO3/c1-7-9-11-12-13-14-15-16-18-20(17-10-8-2)27-21(25)24-22(3,4)19-26-23(24,5)6/h8,20H,2,7,9-15,17,19H2,1,3-6H3/t20-/m1/s1. The van der Waals surface area contributed by atoms with E-state index in [1.54, 1.807) is 4.90 Å². The highest BCUT2D eigenvalue weighted by Gasteiger charge is 2.50. The second-order valence-electron chi connectivity index (χ2n) is 8.46. The van der Waals surface area contributed by atoms with Crippen molar-refractivity contribution in [2.45, 2.75) is 110 Å². The summed E-state index contributed by atoms with van der Waals surface area (Å²) in [5.74, 6) is 6.37. The van der Waals surface area contributed by atoms with Gasteiger partial charge in [-0.05, 0) is 47.0 Å². The van der Waals surface area contributed by atoms with Gasteiger partial charge in [-0.2, -0.15) is 0 Å². The monoisotopic (exact) mass is 377 g/mol. The van der Waals surface area contributed by atoms with Crippen LogP contribution in [0.4, 0.5) is 4.79 Å². The molecule has 0 spiro atoms. The van der Waals surface area contributed by atoms with E-state index in [1.165, 1.54) is 32.1 Å². The number of hydrogen-bond donors (Lipinski definition) is 0.